The third-order valence-corrected chi connectivity index (χ3v) is 5.66. The van der Waals surface area contributed by atoms with Gasteiger partial charge in [-0.3, -0.25) is 14.7 Å². The maximum atomic E-state index is 13.0. The summed E-state index contributed by atoms with van der Waals surface area (Å²) in [6.07, 6.45) is 8.84. The highest BCUT2D eigenvalue weighted by atomic mass is 35.5. The second-order valence-electron chi connectivity index (χ2n) is 7.15. The zero-order valence-corrected chi connectivity index (χ0v) is 17.5. The van der Waals surface area contributed by atoms with Crippen LogP contribution < -0.4 is 5.32 Å². The maximum absolute atomic E-state index is 13.0. The Hall–Kier alpha value is -1.80. The van der Waals surface area contributed by atoms with E-state index in [1.807, 2.05) is 17.0 Å². The molecule has 2 aliphatic rings. The van der Waals surface area contributed by atoms with Crippen LogP contribution in [0.4, 0.5) is 0 Å². The predicted octanol–water partition coefficient (Wildman–Crippen LogP) is 1.89. The third-order valence-electron chi connectivity index (χ3n) is 5.66. The number of nitrogens with zero attached hydrogens (tertiary/aromatic N) is 5. The van der Waals surface area contributed by atoms with E-state index in [9.17, 15) is 4.79 Å². The van der Waals surface area contributed by atoms with Crippen molar-refractivity contribution in [1.82, 2.24) is 30.1 Å². The number of halogens is 2. The average Bonchev–Trinajstić information content (AvgIpc) is 2.71. The lowest BCUT2D eigenvalue weighted by Crippen LogP contribution is -2.64. The number of amides is 1. The molecule has 0 aliphatic carbocycles. The van der Waals surface area contributed by atoms with Crippen LogP contribution in [0, 0.1) is 0 Å². The molecule has 1 N–H and O–H groups in total. The van der Waals surface area contributed by atoms with Crippen molar-refractivity contribution < 1.29 is 4.79 Å². The molecule has 4 heterocycles. The molecule has 0 atom stereocenters. The first kappa shape index (κ1) is 22.5. The summed E-state index contributed by atoms with van der Waals surface area (Å²) in [7, 11) is 2.18. The molecular formula is C19H26Cl2N6O. The lowest BCUT2D eigenvalue weighted by atomic mass is 9.84. The molecule has 2 aromatic heterocycles. The van der Waals surface area contributed by atoms with Gasteiger partial charge in [0.2, 0.25) is 0 Å². The Labute approximate surface area is 177 Å². The molecule has 2 fully saturated rings. The maximum Gasteiger partial charge on any atom is 0.257 e. The highest BCUT2D eigenvalue weighted by Crippen LogP contribution is 2.29. The first-order valence-corrected chi connectivity index (χ1v) is 9.12. The van der Waals surface area contributed by atoms with Crippen LogP contribution in [0.1, 0.15) is 23.2 Å². The van der Waals surface area contributed by atoms with E-state index >= 15 is 0 Å². The normalized spacial score (nSPS) is 18.8. The summed E-state index contributed by atoms with van der Waals surface area (Å²) in [4.78, 5) is 30.1. The fraction of sp³-hybridized carbons (Fsp3) is 0.474. The molecule has 152 valence electrons. The number of rotatable bonds is 2. The SMILES string of the molecule is CN1CCN(C(=O)c2cnc(-c3ccncc3)nc2)CC12CCNCC2.Cl.Cl. The van der Waals surface area contributed by atoms with Crippen molar-refractivity contribution in [1.29, 1.82) is 0 Å². The van der Waals surface area contributed by atoms with Gasteiger partial charge in [0.15, 0.2) is 5.82 Å². The molecule has 0 unspecified atom stereocenters. The summed E-state index contributed by atoms with van der Waals surface area (Å²) in [6.45, 7) is 4.45. The molecule has 9 heteroatoms. The quantitative estimate of drug-likeness (QED) is 0.793. The Morgan fingerprint density at radius 2 is 1.71 bits per heavy atom. The van der Waals surface area contributed by atoms with Gasteiger partial charge in [-0.2, -0.15) is 0 Å². The Balaban J connectivity index is 0.00000140. The number of carbonyl (C=O) groups excluding carboxylic acids is 1. The van der Waals surface area contributed by atoms with Gasteiger partial charge in [0.05, 0.1) is 5.56 Å². The van der Waals surface area contributed by atoms with Crippen molar-refractivity contribution in [3.63, 3.8) is 0 Å². The smallest absolute Gasteiger partial charge is 0.257 e. The minimum Gasteiger partial charge on any atom is -0.335 e. The Morgan fingerprint density at radius 3 is 2.36 bits per heavy atom. The number of hydrogen-bond acceptors (Lipinski definition) is 6. The average molecular weight is 425 g/mol. The fourth-order valence-electron chi connectivity index (χ4n) is 3.94. The van der Waals surface area contributed by atoms with Gasteiger partial charge < -0.3 is 10.2 Å². The van der Waals surface area contributed by atoms with Crippen LogP contribution >= 0.6 is 24.8 Å². The highest BCUT2D eigenvalue weighted by Gasteiger charge is 2.41. The molecule has 0 aromatic carbocycles. The van der Waals surface area contributed by atoms with Crippen molar-refractivity contribution in [2.24, 2.45) is 0 Å². The molecular weight excluding hydrogens is 399 g/mol. The van der Waals surface area contributed by atoms with Crippen molar-refractivity contribution in [3.8, 4) is 11.4 Å². The molecule has 4 rings (SSSR count). The third kappa shape index (κ3) is 4.43. The summed E-state index contributed by atoms with van der Waals surface area (Å²) in [5.74, 6) is 0.634. The minimum atomic E-state index is 0. The van der Waals surface area contributed by atoms with Crippen LogP contribution in [-0.2, 0) is 0 Å². The first-order valence-electron chi connectivity index (χ1n) is 9.12. The van der Waals surface area contributed by atoms with Crippen LogP contribution in [0.3, 0.4) is 0 Å². The summed E-state index contributed by atoms with van der Waals surface area (Å²) < 4.78 is 0. The van der Waals surface area contributed by atoms with Gasteiger partial charge in [-0.25, -0.2) is 9.97 Å². The standard InChI is InChI=1S/C19H24N6O.2ClH/c1-24-10-11-25(14-19(24)4-8-21-9-5-19)18(26)16-12-22-17(23-13-16)15-2-6-20-7-3-15;;/h2-3,6-7,12-13,21H,4-5,8-11,14H2,1H3;2*1H. The highest BCUT2D eigenvalue weighted by molar-refractivity contribution is 5.94. The lowest BCUT2D eigenvalue weighted by molar-refractivity contribution is -0.00101. The first-order chi connectivity index (χ1) is 12.7. The molecule has 0 saturated carbocycles. The van der Waals surface area contributed by atoms with Crippen molar-refractivity contribution >= 4 is 30.7 Å². The fourth-order valence-corrected chi connectivity index (χ4v) is 3.94. The monoisotopic (exact) mass is 424 g/mol. The summed E-state index contributed by atoms with van der Waals surface area (Å²) in [5, 5.41) is 3.42. The number of piperidine rings is 1. The van der Waals surface area contributed by atoms with Crippen LogP contribution in [0.25, 0.3) is 11.4 Å². The summed E-state index contributed by atoms with van der Waals surface area (Å²) in [5.41, 5.74) is 1.54. The second kappa shape index (κ2) is 9.60. The van der Waals surface area contributed by atoms with E-state index in [2.05, 4.69) is 32.2 Å². The van der Waals surface area contributed by atoms with E-state index in [0.717, 1.165) is 51.1 Å². The number of pyridine rings is 1. The van der Waals surface area contributed by atoms with Crippen LogP contribution in [0.5, 0.6) is 0 Å². The van der Waals surface area contributed by atoms with E-state index in [-0.39, 0.29) is 36.3 Å². The van der Waals surface area contributed by atoms with Crippen molar-refractivity contribution in [2.75, 3.05) is 39.8 Å². The van der Waals surface area contributed by atoms with E-state index in [1.54, 1.807) is 24.8 Å². The molecule has 0 bridgehead atoms. The van der Waals surface area contributed by atoms with Gasteiger partial charge in [0.1, 0.15) is 0 Å². The molecule has 1 spiro atoms. The number of nitrogens with one attached hydrogen (secondary N) is 1. The Morgan fingerprint density at radius 1 is 1.07 bits per heavy atom. The van der Waals surface area contributed by atoms with Gasteiger partial charge >= 0.3 is 0 Å². The molecule has 2 aromatic rings. The second-order valence-corrected chi connectivity index (χ2v) is 7.15. The van der Waals surface area contributed by atoms with Gasteiger partial charge in [-0.1, -0.05) is 0 Å². The van der Waals surface area contributed by atoms with Gasteiger partial charge in [0.25, 0.3) is 5.91 Å². The lowest BCUT2D eigenvalue weighted by Gasteiger charge is -2.51. The van der Waals surface area contributed by atoms with Gasteiger partial charge in [-0.15, -0.1) is 24.8 Å². The Bertz CT molecular complexity index is 768. The van der Waals surface area contributed by atoms with E-state index in [0.29, 0.717) is 11.4 Å². The number of hydrogen-bond donors (Lipinski definition) is 1. The van der Waals surface area contributed by atoms with Crippen LogP contribution in [0.15, 0.2) is 36.9 Å². The number of carbonyl (C=O) groups is 1. The molecule has 2 saturated heterocycles. The number of piperazine rings is 1. The topological polar surface area (TPSA) is 74.2 Å². The largest absolute Gasteiger partial charge is 0.335 e. The predicted molar refractivity (Wildman–Crippen MR) is 113 cm³/mol. The number of likely N-dealkylation sites (N-methyl/N-ethyl adjacent to an activating group) is 1. The van der Waals surface area contributed by atoms with E-state index in [4.69, 9.17) is 0 Å². The van der Waals surface area contributed by atoms with E-state index < -0.39 is 0 Å². The minimum absolute atomic E-state index is 0. The molecule has 7 nitrogen and oxygen atoms in total. The molecule has 2 aliphatic heterocycles. The molecule has 0 radical (unpaired) electrons. The van der Waals surface area contributed by atoms with E-state index in [1.165, 1.54) is 0 Å². The van der Waals surface area contributed by atoms with Gasteiger partial charge in [-0.05, 0) is 45.1 Å². The summed E-state index contributed by atoms with van der Waals surface area (Å²) >= 11 is 0. The van der Waals surface area contributed by atoms with Crippen molar-refractivity contribution in [2.45, 2.75) is 18.4 Å². The summed E-state index contributed by atoms with van der Waals surface area (Å²) in [6, 6.07) is 3.72. The molecule has 1 amide bonds. The van der Waals surface area contributed by atoms with Crippen molar-refractivity contribution in [3.05, 3.63) is 42.5 Å². The number of aromatic nitrogens is 3. The van der Waals surface area contributed by atoms with Gasteiger partial charge in [0, 0.05) is 55.5 Å². The molecule has 28 heavy (non-hydrogen) atoms. The zero-order chi connectivity index (χ0) is 18.0. The van der Waals surface area contributed by atoms with Crippen LogP contribution in [0.2, 0.25) is 0 Å². The zero-order valence-electron chi connectivity index (χ0n) is 15.9. The Kier molecular flexibility index (Phi) is 7.71. The van der Waals surface area contributed by atoms with Crippen LogP contribution in [-0.4, -0.2) is 76.0 Å².